The molecule has 0 fully saturated rings. The van der Waals surface area contributed by atoms with Crippen LogP contribution in [0.15, 0.2) is 42.5 Å². The monoisotopic (exact) mass is 282 g/mol. The molecule has 0 spiro atoms. The summed E-state index contributed by atoms with van der Waals surface area (Å²) in [6.07, 6.45) is 1.89. The lowest BCUT2D eigenvalue weighted by Gasteiger charge is -2.09. The fourth-order valence-corrected chi connectivity index (χ4v) is 2.42. The van der Waals surface area contributed by atoms with Gasteiger partial charge in [-0.3, -0.25) is 4.79 Å². The number of anilines is 1. The topological polar surface area (TPSA) is 55.1 Å². The van der Waals surface area contributed by atoms with Crippen LogP contribution in [0.2, 0.25) is 0 Å². The Kier molecular flexibility index (Phi) is 5.12. The summed E-state index contributed by atoms with van der Waals surface area (Å²) < 4.78 is 0. The summed E-state index contributed by atoms with van der Waals surface area (Å²) >= 11 is 0. The van der Waals surface area contributed by atoms with Crippen molar-refractivity contribution in [2.24, 2.45) is 5.73 Å². The van der Waals surface area contributed by atoms with Crippen LogP contribution in [0.5, 0.6) is 0 Å². The van der Waals surface area contributed by atoms with Gasteiger partial charge in [-0.15, -0.1) is 0 Å². The van der Waals surface area contributed by atoms with Gasteiger partial charge in [0.2, 0.25) is 0 Å². The van der Waals surface area contributed by atoms with Crippen LogP contribution in [-0.2, 0) is 6.42 Å². The first-order chi connectivity index (χ1) is 10.1. The van der Waals surface area contributed by atoms with Gasteiger partial charge in [0.05, 0.1) is 0 Å². The highest BCUT2D eigenvalue weighted by atomic mass is 16.1. The minimum atomic E-state index is -0.0715. The van der Waals surface area contributed by atoms with E-state index in [4.69, 9.17) is 5.73 Å². The highest BCUT2D eigenvalue weighted by molar-refractivity contribution is 6.04. The number of carbonyl (C=O) groups is 1. The van der Waals surface area contributed by atoms with Crippen molar-refractivity contribution < 1.29 is 4.79 Å². The summed E-state index contributed by atoms with van der Waals surface area (Å²) in [6.45, 7) is 4.67. The van der Waals surface area contributed by atoms with Crippen molar-refractivity contribution in [3.63, 3.8) is 0 Å². The Balaban J connectivity index is 2.11. The van der Waals surface area contributed by atoms with Gasteiger partial charge in [0, 0.05) is 11.3 Å². The lowest BCUT2D eigenvalue weighted by Crippen LogP contribution is -2.12. The number of nitrogens with one attached hydrogen (secondary N) is 1. The molecule has 0 unspecified atom stereocenters. The smallest absolute Gasteiger partial charge is 0.255 e. The van der Waals surface area contributed by atoms with Crippen LogP contribution in [0.3, 0.4) is 0 Å². The predicted molar refractivity (Wildman–Crippen MR) is 87.7 cm³/mol. The molecule has 21 heavy (non-hydrogen) atoms. The largest absolute Gasteiger partial charge is 0.330 e. The second-order valence-electron chi connectivity index (χ2n) is 5.42. The minimum absolute atomic E-state index is 0.0715. The van der Waals surface area contributed by atoms with Crippen LogP contribution in [0.4, 0.5) is 5.69 Å². The molecule has 0 atom stereocenters. The standard InChI is InChI=1S/C18H22N2O/c1-13-9-14(2)11-16(10-13)18(21)20-17-7-3-5-15(12-17)6-4-8-19/h3,5,7,9-12H,4,6,8,19H2,1-2H3,(H,20,21). The summed E-state index contributed by atoms with van der Waals surface area (Å²) in [6, 6.07) is 13.8. The van der Waals surface area contributed by atoms with E-state index in [0.717, 1.165) is 29.7 Å². The number of amides is 1. The zero-order valence-corrected chi connectivity index (χ0v) is 12.6. The van der Waals surface area contributed by atoms with Crippen LogP contribution in [0.1, 0.15) is 33.5 Å². The van der Waals surface area contributed by atoms with Crippen molar-refractivity contribution in [1.82, 2.24) is 0 Å². The van der Waals surface area contributed by atoms with Gasteiger partial charge in [-0.25, -0.2) is 0 Å². The van der Waals surface area contributed by atoms with E-state index < -0.39 is 0 Å². The van der Waals surface area contributed by atoms with Crippen molar-refractivity contribution >= 4 is 11.6 Å². The molecule has 1 amide bonds. The molecule has 0 saturated carbocycles. The second kappa shape index (κ2) is 7.04. The van der Waals surface area contributed by atoms with Gasteiger partial charge >= 0.3 is 0 Å². The van der Waals surface area contributed by atoms with Gasteiger partial charge in [0.15, 0.2) is 0 Å². The number of rotatable bonds is 5. The van der Waals surface area contributed by atoms with Gasteiger partial charge in [0.25, 0.3) is 5.91 Å². The SMILES string of the molecule is Cc1cc(C)cc(C(=O)Nc2cccc(CCCN)c2)c1. The van der Waals surface area contributed by atoms with Crippen LogP contribution < -0.4 is 11.1 Å². The van der Waals surface area contributed by atoms with E-state index in [1.807, 2.05) is 44.2 Å². The molecular formula is C18H22N2O. The van der Waals surface area contributed by atoms with Gasteiger partial charge in [-0.05, 0) is 63.1 Å². The fraction of sp³-hybridized carbons (Fsp3) is 0.278. The molecule has 0 radical (unpaired) electrons. The number of hydrogen-bond donors (Lipinski definition) is 2. The molecule has 2 aromatic carbocycles. The Morgan fingerprint density at radius 2 is 1.81 bits per heavy atom. The van der Waals surface area contributed by atoms with E-state index in [0.29, 0.717) is 12.1 Å². The van der Waals surface area contributed by atoms with E-state index in [9.17, 15) is 4.79 Å². The molecule has 3 heteroatoms. The number of benzene rings is 2. The van der Waals surface area contributed by atoms with Crippen molar-refractivity contribution in [2.75, 3.05) is 11.9 Å². The molecule has 0 saturated heterocycles. The first kappa shape index (κ1) is 15.3. The molecule has 2 aromatic rings. The average Bonchev–Trinajstić information content (AvgIpc) is 2.44. The number of carbonyl (C=O) groups excluding carboxylic acids is 1. The quantitative estimate of drug-likeness (QED) is 0.882. The molecule has 0 heterocycles. The Morgan fingerprint density at radius 3 is 2.48 bits per heavy atom. The molecule has 0 aliphatic heterocycles. The Hall–Kier alpha value is -2.13. The Morgan fingerprint density at radius 1 is 1.10 bits per heavy atom. The maximum atomic E-state index is 12.3. The maximum Gasteiger partial charge on any atom is 0.255 e. The highest BCUT2D eigenvalue weighted by Crippen LogP contribution is 2.15. The second-order valence-corrected chi connectivity index (χ2v) is 5.42. The van der Waals surface area contributed by atoms with E-state index in [-0.39, 0.29) is 5.91 Å². The number of nitrogens with two attached hydrogens (primary N) is 1. The van der Waals surface area contributed by atoms with Crippen LogP contribution in [0.25, 0.3) is 0 Å². The summed E-state index contributed by atoms with van der Waals surface area (Å²) in [7, 11) is 0. The van der Waals surface area contributed by atoms with Gasteiger partial charge < -0.3 is 11.1 Å². The molecule has 0 bridgehead atoms. The Bertz CT molecular complexity index is 615. The summed E-state index contributed by atoms with van der Waals surface area (Å²) in [5, 5.41) is 2.96. The fourth-order valence-electron chi connectivity index (χ4n) is 2.42. The average molecular weight is 282 g/mol. The van der Waals surface area contributed by atoms with Crippen LogP contribution in [0, 0.1) is 13.8 Å². The predicted octanol–water partition coefficient (Wildman–Crippen LogP) is 3.45. The maximum absolute atomic E-state index is 12.3. The number of aryl methyl sites for hydroxylation is 3. The van der Waals surface area contributed by atoms with Gasteiger partial charge in [-0.1, -0.05) is 29.3 Å². The van der Waals surface area contributed by atoms with E-state index in [1.165, 1.54) is 5.56 Å². The molecule has 2 rings (SSSR count). The van der Waals surface area contributed by atoms with Crippen molar-refractivity contribution in [1.29, 1.82) is 0 Å². The normalized spacial score (nSPS) is 10.4. The third-order valence-corrected chi connectivity index (χ3v) is 3.34. The summed E-state index contributed by atoms with van der Waals surface area (Å²) in [4.78, 5) is 12.3. The number of hydrogen-bond acceptors (Lipinski definition) is 2. The third-order valence-electron chi connectivity index (χ3n) is 3.34. The van der Waals surface area contributed by atoms with Crippen molar-refractivity contribution in [3.8, 4) is 0 Å². The zero-order valence-electron chi connectivity index (χ0n) is 12.6. The van der Waals surface area contributed by atoms with Crippen LogP contribution in [-0.4, -0.2) is 12.5 Å². The Labute approximate surface area is 126 Å². The molecular weight excluding hydrogens is 260 g/mol. The third kappa shape index (κ3) is 4.43. The molecule has 0 aliphatic rings. The lowest BCUT2D eigenvalue weighted by molar-refractivity contribution is 0.102. The van der Waals surface area contributed by atoms with Gasteiger partial charge in [0.1, 0.15) is 0 Å². The highest BCUT2D eigenvalue weighted by Gasteiger charge is 2.07. The molecule has 0 aromatic heterocycles. The lowest BCUT2D eigenvalue weighted by atomic mass is 10.1. The van der Waals surface area contributed by atoms with E-state index >= 15 is 0 Å². The first-order valence-electron chi connectivity index (χ1n) is 7.27. The van der Waals surface area contributed by atoms with Crippen molar-refractivity contribution in [2.45, 2.75) is 26.7 Å². The van der Waals surface area contributed by atoms with E-state index in [1.54, 1.807) is 0 Å². The first-order valence-corrected chi connectivity index (χ1v) is 7.27. The molecule has 3 nitrogen and oxygen atoms in total. The summed E-state index contributed by atoms with van der Waals surface area (Å²) in [5.74, 6) is -0.0715. The molecule has 0 aliphatic carbocycles. The zero-order chi connectivity index (χ0) is 15.2. The van der Waals surface area contributed by atoms with E-state index in [2.05, 4.69) is 17.4 Å². The molecule has 3 N–H and O–H groups in total. The minimum Gasteiger partial charge on any atom is -0.330 e. The summed E-state index contributed by atoms with van der Waals surface area (Å²) in [5.41, 5.74) is 10.4. The molecule has 110 valence electrons. The van der Waals surface area contributed by atoms with Crippen LogP contribution >= 0.6 is 0 Å². The van der Waals surface area contributed by atoms with Crippen molar-refractivity contribution in [3.05, 3.63) is 64.7 Å². The van der Waals surface area contributed by atoms with Gasteiger partial charge in [-0.2, -0.15) is 0 Å².